The number of sulfonamides is 1. The SMILES string of the molecule is Cc1nnc(NS(=O)(=O)c2ccc(NC(=O)C(C)OC(=O)c3c4c(nc5ccccc35)CCN(C)C4)cc2)s1. The zero-order valence-corrected chi connectivity index (χ0v) is 23.1. The van der Waals surface area contributed by atoms with Crippen LogP contribution in [0.2, 0.25) is 0 Å². The van der Waals surface area contributed by atoms with Crippen molar-refractivity contribution < 1.29 is 22.7 Å². The number of rotatable bonds is 7. The molecule has 0 saturated heterocycles. The van der Waals surface area contributed by atoms with Crippen LogP contribution in [0.25, 0.3) is 10.9 Å². The molecule has 11 nitrogen and oxygen atoms in total. The number of amides is 1. The fourth-order valence-corrected chi connectivity index (χ4v) is 6.13. The summed E-state index contributed by atoms with van der Waals surface area (Å²) in [5, 5.41) is 11.7. The van der Waals surface area contributed by atoms with Crippen LogP contribution in [0, 0.1) is 6.92 Å². The van der Waals surface area contributed by atoms with E-state index in [1.807, 2.05) is 31.3 Å². The maximum absolute atomic E-state index is 13.4. The third kappa shape index (κ3) is 5.75. The van der Waals surface area contributed by atoms with Crippen molar-refractivity contribution in [3.05, 3.63) is 70.4 Å². The van der Waals surface area contributed by atoms with Crippen LogP contribution < -0.4 is 10.0 Å². The molecule has 0 saturated carbocycles. The number of nitrogens with one attached hydrogen (secondary N) is 2. The number of fused-ring (bicyclic) bond motifs is 2. The normalized spacial score (nSPS) is 14.4. The average Bonchev–Trinajstić information content (AvgIpc) is 3.31. The lowest BCUT2D eigenvalue weighted by Crippen LogP contribution is -2.32. The second-order valence-electron chi connectivity index (χ2n) is 9.21. The molecule has 39 heavy (non-hydrogen) atoms. The molecular formula is C26H26N6O5S2. The Morgan fingerprint density at radius 2 is 1.85 bits per heavy atom. The van der Waals surface area contributed by atoms with Gasteiger partial charge >= 0.3 is 5.97 Å². The molecule has 4 aromatic rings. The fraction of sp³-hybridized carbons (Fsp3) is 0.269. The second-order valence-corrected chi connectivity index (χ2v) is 12.1. The van der Waals surface area contributed by atoms with Crippen molar-refractivity contribution >= 4 is 55.0 Å². The van der Waals surface area contributed by atoms with E-state index >= 15 is 0 Å². The Kier molecular flexibility index (Phi) is 7.30. The number of carbonyl (C=O) groups is 2. The monoisotopic (exact) mass is 566 g/mol. The van der Waals surface area contributed by atoms with Crippen molar-refractivity contribution in [2.24, 2.45) is 0 Å². The molecule has 1 aliphatic heterocycles. The number of benzene rings is 2. The van der Waals surface area contributed by atoms with Gasteiger partial charge in [-0.25, -0.2) is 13.2 Å². The van der Waals surface area contributed by atoms with Gasteiger partial charge in [-0.05, 0) is 51.2 Å². The van der Waals surface area contributed by atoms with Crippen molar-refractivity contribution in [3.63, 3.8) is 0 Å². The smallest absolute Gasteiger partial charge is 0.339 e. The number of carbonyl (C=O) groups excluding carboxylic acids is 2. The standard InChI is InChI=1S/C26H26N6O5S2/c1-15(24(33)27-17-8-10-18(11-9-17)39(35,36)31-26-30-29-16(2)38-26)37-25(34)23-19-6-4-5-7-21(19)28-22-12-13-32(3)14-20(22)23/h4-11,15H,12-14H2,1-3H3,(H,27,33)(H,30,31). The number of hydrogen-bond donors (Lipinski definition) is 2. The molecular weight excluding hydrogens is 540 g/mol. The molecule has 1 aliphatic rings. The molecule has 202 valence electrons. The highest BCUT2D eigenvalue weighted by molar-refractivity contribution is 7.93. The summed E-state index contributed by atoms with van der Waals surface area (Å²) in [4.78, 5) is 33.1. The third-order valence-corrected chi connectivity index (χ3v) is 8.51. The average molecular weight is 567 g/mol. The van der Waals surface area contributed by atoms with Crippen LogP contribution in [0.3, 0.4) is 0 Å². The van der Waals surface area contributed by atoms with Crippen LogP contribution in [0.15, 0.2) is 53.4 Å². The first kappa shape index (κ1) is 26.7. The zero-order chi connectivity index (χ0) is 27.7. The van der Waals surface area contributed by atoms with Gasteiger partial charge in [-0.2, -0.15) is 0 Å². The maximum Gasteiger partial charge on any atom is 0.339 e. The molecule has 2 N–H and O–H groups in total. The molecule has 1 unspecified atom stereocenters. The number of ether oxygens (including phenoxy) is 1. The topological polar surface area (TPSA) is 143 Å². The van der Waals surface area contributed by atoms with E-state index in [0.29, 0.717) is 40.1 Å². The zero-order valence-electron chi connectivity index (χ0n) is 21.5. The molecule has 3 heterocycles. The summed E-state index contributed by atoms with van der Waals surface area (Å²) >= 11 is 1.12. The van der Waals surface area contributed by atoms with Crippen molar-refractivity contribution in [1.82, 2.24) is 20.1 Å². The van der Waals surface area contributed by atoms with Gasteiger partial charge in [0.05, 0.1) is 16.0 Å². The third-order valence-electron chi connectivity index (χ3n) is 6.27. The maximum atomic E-state index is 13.4. The Morgan fingerprint density at radius 3 is 2.56 bits per heavy atom. The van der Waals surface area contributed by atoms with E-state index < -0.39 is 28.0 Å². The minimum absolute atomic E-state index is 0.00728. The summed E-state index contributed by atoms with van der Waals surface area (Å²) in [6, 6.07) is 13.0. The van der Waals surface area contributed by atoms with Crippen LogP contribution in [0.5, 0.6) is 0 Å². The highest BCUT2D eigenvalue weighted by atomic mass is 32.2. The van der Waals surface area contributed by atoms with Crippen molar-refractivity contribution in [2.45, 2.75) is 37.8 Å². The largest absolute Gasteiger partial charge is 0.449 e. The molecule has 0 bridgehead atoms. The molecule has 13 heteroatoms. The summed E-state index contributed by atoms with van der Waals surface area (Å²) in [5.41, 5.74) is 3.16. The van der Waals surface area contributed by atoms with Gasteiger partial charge in [0, 0.05) is 41.8 Å². The number of aromatic nitrogens is 3. The Hall–Kier alpha value is -3.94. The first-order chi connectivity index (χ1) is 18.6. The molecule has 1 atom stereocenters. The van der Waals surface area contributed by atoms with Crippen molar-refractivity contribution in [3.8, 4) is 0 Å². The Balaban J connectivity index is 1.29. The number of para-hydroxylation sites is 1. The van der Waals surface area contributed by atoms with Crippen molar-refractivity contribution in [2.75, 3.05) is 23.6 Å². The summed E-state index contributed by atoms with van der Waals surface area (Å²) in [5.74, 6) is -1.15. The Bertz CT molecular complexity index is 1670. The number of likely N-dealkylation sites (N-methyl/N-ethyl adjacent to an activating group) is 1. The molecule has 0 aliphatic carbocycles. The van der Waals surface area contributed by atoms with Gasteiger partial charge in [0.2, 0.25) is 5.13 Å². The van der Waals surface area contributed by atoms with E-state index in [-0.39, 0.29) is 10.0 Å². The van der Waals surface area contributed by atoms with Gasteiger partial charge in [-0.15, -0.1) is 10.2 Å². The Labute approximate surface area is 229 Å². The van der Waals surface area contributed by atoms with E-state index in [2.05, 4.69) is 25.1 Å². The van der Waals surface area contributed by atoms with Crippen molar-refractivity contribution in [1.29, 1.82) is 0 Å². The van der Waals surface area contributed by atoms with Crippen LogP contribution in [-0.4, -0.2) is 60.1 Å². The molecule has 0 radical (unpaired) electrons. The van der Waals surface area contributed by atoms with E-state index in [0.717, 1.165) is 29.1 Å². The Morgan fingerprint density at radius 1 is 1.10 bits per heavy atom. The van der Waals surface area contributed by atoms with Crippen LogP contribution in [0.4, 0.5) is 10.8 Å². The summed E-state index contributed by atoms with van der Waals surface area (Å²) in [6.07, 6.45) is -0.388. The molecule has 1 amide bonds. The predicted molar refractivity (Wildman–Crippen MR) is 147 cm³/mol. The number of hydrogen-bond acceptors (Lipinski definition) is 10. The second kappa shape index (κ2) is 10.7. The van der Waals surface area contributed by atoms with Gasteiger partial charge in [0.25, 0.3) is 15.9 Å². The molecule has 0 fully saturated rings. The van der Waals surface area contributed by atoms with Crippen LogP contribution >= 0.6 is 11.3 Å². The summed E-state index contributed by atoms with van der Waals surface area (Å²) in [6.45, 7) is 4.60. The van der Waals surface area contributed by atoms with Gasteiger partial charge in [0.1, 0.15) is 5.01 Å². The molecule has 0 spiro atoms. The minimum atomic E-state index is -3.87. The van der Waals surface area contributed by atoms with E-state index in [4.69, 9.17) is 9.72 Å². The summed E-state index contributed by atoms with van der Waals surface area (Å²) in [7, 11) is -1.89. The number of esters is 1. The first-order valence-electron chi connectivity index (χ1n) is 12.1. The fourth-order valence-electron chi connectivity index (χ4n) is 4.30. The highest BCUT2D eigenvalue weighted by Crippen LogP contribution is 2.29. The van der Waals surface area contributed by atoms with Gasteiger partial charge in [-0.1, -0.05) is 29.5 Å². The first-order valence-corrected chi connectivity index (χ1v) is 14.4. The quantitative estimate of drug-likeness (QED) is 0.322. The van der Waals surface area contributed by atoms with Crippen LogP contribution in [0.1, 0.15) is 33.5 Å². The minimum Gasteiger partial charge on any atom is -0.449 e. The molecule has 5 rings (SSSR count). The van der Waals surface area contributed by atoms with Gasteiger partial charge < -0.3 is 15.0 Å². The number of nitrogens with zero attached hydrogens (tertiary/aromatic N) is 4. The van der Waals surface area contributed by atoms with E-state index in [1.165, 1.54) is 31.2 Å². The van der Waals surface area contributed by atoms with E-state index in [1.54, 1.807) is 6.92 Å². The lowest BCUT2D eigenvalue weighted by molar-refractivity contribution is -0.123. The van der Waals surface area contributed by atoms with E-state index in [9.17, 15) is 18.0 Å². The number of aryl methyl sites for hydroxylation is 1. The number of pyridine rings is 1. The predicted octanol–water partition coefficient (Wildman–Crippen LogP) is 3.37. The van der Waals surface area contributed by atoms with Crippen LogP contribution in [-0.2, 0) is 32.5 Å². The lowest BCUT2D eigenvalue weighted by Gasteiger charge is -2.27. The van der Waals surface area contributed by atoms with Gasteiger partial charge in [0.15, 0.2) is 6.10 Å². The molecule has 2 aromatic carbocycles. The highest BCUT2D eigenvalue weighted by Gasteiger charge is 2.28. The molecule has 2 aromatic heterocycles. The van der Waals surface area contributed by atoms with Gasteiger partial charge in [-0.3, -0.25) is 14.5 Å². The number of anilines is 2. The lowest BCUT2D eigenvalue weighted by atomic mass is 9.96. The summed E-state index contributed by atoms with van der Waals surface area (Å²) < 4.78 is 33.2.